The second-order valence-corrected chi connectivity index (χ2v) is 4.43. The predicted molar refractivity (Wildman–Crippen MR) is 56.1 cm³/mol. The molecule has 2 unspecified atom stereocenters. The molecule has 1 aliphatic heterocycles. The first kappa shape index (κ1) is 10.6. The predicted octanol–water partition coefficient (Wildman–Crippen LogP) is 0.0178. The van der Waals surface area contributed by atoms with Crippen LogP contribution in [-0.4, -0.2) is 44.0 Å². The van der Waals surface area contributed by atoms with E-state index in [1.807, 2.05) is 11.6 Å². The van der Waals surface area contributed by atoms with E-state index in [0.29, 0.717) is 5.92 Å². The number of aliphatic hydroxyl groups excluding tert-OH is 1. The number of piperidine rings is 1. The minimum absolute atomic E-state index is 0.202. The summed E-state index contributed by atoms with van der Waals surface area (Å²) in [5, 5.41) is 17.7. The van der Waals surface area contributed by atoms with Crippen LogP contribution >= 0.6 is 0 Å². The van der Waals surface area contributed by atoms with Crippen molar-refractivity contribution < 1.29 is 5.11 Å². The Morgan fingerprint density at radius 1 is 1.60 bits per heavy atom. The van der Waals surface area contributed by atoms with Crippen molar-refractivity contribution in [1.82, 2.24) is 19.7 Å². The first-order chi connectivity index (χ1) is 7.16. The zero-order chi connectivity index (χ0) is 10.8. The highest BCUT2D eigenvalue weighted by Crippen LogP contribution is 2.17. The first-order valence-electron chi connectivity index (χ1n) is 5.40. The second kappa shape index (κ2) is 4.28. The number of aliphatic hydroxyl groups is 1. The van der Waals surface area contributed by atoms with Gasteiger partial charge in [-0.3, -0.25) is 4.90 Å². The van der Waals surface area contributed by atoms with Crippen molar-refractivity contribution in [3.63, 3.8) is 0 Å². The summed E-state index contributed by atoms with van der Waals surface area (Å²) in [6, 6.07) is 0. The molecule has 0 spiro atoms. The molecule has 0 saturated carbocycles. The maximum Gasteiger partial charge on any atom is 0.146 e. The maximum absolute atomic E-state index is 9.76. The number of hydrogen-bond acceptors (Lipinski definition) is 4. The average molecular weight is 210 g/mol. The normalized spacial score (nSPS) is 28.2. The molecule has 2 rings (SSSR count). The molecule has 0 aliphatic carbocycles. The Labute approximate surface area is 89.7 Å². The molecule has 2 atom stereocenters. The van der Waals surface area contributed by atoms with Crippen LogP contribution in [0.4, 0.5) is 0 Å². The van der Waals surface area contributed by atoms with Crippen LogP contribution in [0.25, 0.3) is 0 Å². The summed E-state index contributed by atoms with van der Waals surface area (Å²) >= 11 is 0. The van der Waals surface area contributed by atoms with E-state index in [4.69, 9.17) is 0 Å². The number of hydrogen-bond donors (Lipinski definition) is 1. The molecule has 1 fully saturated rings. The summed E-state index contributed by atoms with van der Waals surface area (Å²) in [6.45, 7) is 4.66. The van der Waals surface area contributed by atoms with Crippen molar-refractivity contribution in [3.8, 4) is 0 Å². The molecule has 1 saturated heterocycles. The van der Waals surface area contributed by atoms with Crippen molar-refractivity contribution in [2.24, 2.45) is 13.0 Å². The van der Waals surface area contributed by atoms with Gasteiger partial charge in [0.05, 0.1) is 12.6 Å². The van der Waals surface area contributed by atoms with Gasteiger partial charge in [0.25, 0.3) is 0 Å². The van der Waals surface area contributed by atoms with Gasteiger partial charge in [-0.05, 0) is 18.9 Å². The lowest BCUT2D eigenvalue weighted by atomic mass is 9.96. The fourth-order valence-electron chi connectivity index (χ4n) is 1.91. The number of β-amino-alcohol motifs (C(OH)–C–C–N with tert-alkyl or cyclic N) is 1. The molecule has 5 nitrogen and oxygen atoms in total. The van der Waals surface area contributed by atoms with E-state index in [1.165, 1.54) is 0 Å². The third-order valence-corrected chi connectivity index (χ3v) is 3.17. The fraction of sp³-hybridized carbons (Fsp3) is 0.800. The summed E-state index contributed by atoms with van der Waals surface area (Å²) in [6.07, 6.45) is 2.56. The fourth-order valence-corrected chi connectivity index (χ4v) is 1.91. The van der Waals surface area contributed by atoms with E-state index < -0.39 is 0 Å². The number of aryl methyl sites for hydroxylation is 1. The summed E-state index contributed by atoms with van der Waals surface area (Å²) in [5.74, 6) is 1.37. The van der Waals surface area contributed by atoms with E-state index in [0.717, 1.165) is 31.9 Å². The third kappa shape index (κ3) is 2.35. The van der Waals surface area contributed by atoms with Crippen LogP contribution in [0.1, 0.15) is 19.2 Å². The molecule has 1 aromatic heterocycles. The Hall–Kier alpha value is -0.940. The van der Waals surface area contributed by atoms with Crippen LogP contribution in [0.5, 0.6) is 0 Å². The topological polar surface area (TPSA) is 54.2 Å². The van der Waals surface area contributed by atoms with Gasteiger partial charge in [0, 0.05) is 13.6 Å². The van der Waals surface area contributed by atoms with Gasteiger partial charge in [0.15, 0.2) is 0 Å². The SMILES string of the molecule is CC1CCN(Cc2nncn2C)CC1O. The monoisotopic (exact) mass is 210 g/mol. The second-order valence-electron chi connectivity index (χ2n) is 4.43. The molecular weight excluding hydrogens is 192 g/mol. The number of nitrogens with zero attached hydrogens (tertiary/aromatic N) is 4. The Kier molecular flexibility index (Phi) is 3.02. The van der Waals surface area contributed by atoms with Crippen LogP contribution in [0.15, 0.2) is 6.33 Å². The van der Waals surface area contributed by atoms with Crippen molar-refractivity contribution in [2.75, 3.05) is 13.1 Å². The minimum atomic E-state index is -0.202. The lowest BCUT2D eigenvalue weighted by Crippen LogP contribution is -2.42. The third-order valence-electron chi connectivity index (χ3n) is 3.17. The van der Waals surface area contributed by atoms with E-state index in [9.17, 15) is 5.11 Å². The van der Waals surface area contributed by atoms with Crippen LogP contribution in [0.3, 0.4) is 0 Å². The number of aromatic nitrogens is 3. The molecule has 1 aromatic rings. The molecule has 1 aliphatic rings. The van der Waals surface area contributed by atoms with Crippen LogP contribution < -0.4 is 0 Å². The molecule has 2 heterocycles. The molecular formula is C10H18N4O. The summed E-state index contributed by atoms with van der Waals surface area (Å²) in [7, 11) is 1.94. The zero-order valence-electron chi connectivity index (χ0n) is 9.30. The Morgan fingerprint density at radius 2 is 2.40 bits per heavy atom. The Balaban J connectivity index is 1.94. The molecule has 0 bridgehead atoms. The zero-order valence-corrected chi connectivity index (χ0v) is 9.30. The highest BCUT2D eigenvalue weighted by Gasteiger charge is 2.24. The first-order valence-corrected chi connectivity index (χ1v) is 5.40. The molecule has 15 heavy (non-hydrogen) atoms. The van der Waals surface area contributed by atoms with Gasteiger partial charge in [0.1, 0.15) is 12.2 Å². The number of likely N-dealkylation sites (tertiary alicyclic amines) is 1. The minimum Gasteiger partial charge on any atom is -0.392 e. The van der Waals surface area contributed by atoms with Gasteiger partial charge in [0.2, 0.25) is 0 Å². The van der Waals surface area contributed by atoms with Crippen LogP contribution in [0, 0.1) is 5.92 Å². The van der Waals surface area contributed by atoms with Gasteiger partial charge in [-0.25, -0.2) is 0 Å². The number of rotatable bonds is 2. The average Bonchev–Trinajstić information content (AvgIpc) is 2.59. The summed E-state index contributed by atoms with van der Waals surface area (Å²) in [5.41, 5.74) is 0. The quantitative estimate of drug-likeness (QED) is 0.747. The van der Waals surface area contributed by atoms with Crippen LogP contribution in [0.2, 0.25) is 0 Å². The Bertz CT molecular complexity index is 325. The van der Waals surface area contributed by atoms with E-state index in [-0.39, 0.29) is 6.10 Å². The van der Waals surface area contributed by atoms with Crippen molar-refractivity contribution in [1.29, 1.82) is 0 Å². The standard InChI is InChI=1S/C10H18N4O/c1-8-3-4-14(5-9(8)15)6-10-12-11-7-13(10)2/h7-9,15H,3-6H2,1-2H3. The van der Waals surface area contributed by atoms with Gasteiger partial charge >= 0.3 is 0 Å². The van der Waals surface area contributed by atoms with Gasteiger partial charge in [-0.1, -0.05) is 6.92 Å². The van der Waals surface area contributed by atoms with Crippen molar-refractivity contribution in [3.05, 3.63) is 12.2 Å². The molecule has 1 N–H and O–H groups in total. The molecule has 0 aromatic carbocycles. The Morgan fingerprint density at radius 3 is 3.00 bits per heavy atom. The molecule has 84 valence electrons. The van der Waals surface area contributed by atoms with Crippen molar-refractivity contribution in [2.45, 2.75) is 26.0 Å². The van der Waals surface area contributed by atoms with Gasteiger partial charge < -0.3 is 9.67 Å². The largest absolute Gasteiger partial charge is 0.392 e. The molecule has 0 amide bonds. The van der Waals surface area contributed by atoms with Gasteiger partial charge in [-0.15, -0.1) is 10.2 Å². The van der Waals surface area contributed by atoms with E-state index in [2.05, 4.69) is 22.0 Å². The summed E-state index contributed by atoms with van der Waals surface area (Å²) < 4.78 is 1.92. The van der Waals surface area contributed by atoms with Gasteiger partial charge in [-0.2, -0.15) is 0 Å². The lowest BCUT2D eigenvalue weighted by Gasteiger charge is -2.33. The molecule has 0 radical (unpaired) electrons. The van der Waals surface area contributed by atoms with E-state index in [1.54, 1.807) is 6.33 Å². The highest BCUT2D eigenvalue weighted by atomic mass is 16.3. The smallest absolute Gasteiger partial charge is 0.146 e. The van der Waals surface area contributed by atoms with Crippen LogP contribution in [-0.2, 0) is 13.6 Å². The van der Waals surface area contributed by atoms with E-state index >= 15 is 0 Å². The maximum atomic E-state index is 9.76. The summed E-state index contributed by atoms with van der Waals surface area (Å²) in [4.78, 5) is 2.23. The highest BCUT2D eigenvalue weighted by molar-refractivity contribution is 4.87. The lowest BCUT2D eigenvalue weighted by molar-refractivity contribution is 0.0245. The van der Waals surface area contributed by atoms with Crippen molar-refractivity contribution >= 4 is 0 Å². The molecule has 5 heteroatoms.